The van der Waals surface area contributed by atoms with Crippen molar-refractivity contribution in [2.45, 2.75) is 20.0 Å². The van der Waals surface area contributed by atoms with Crippen molar-refractivity contribution < 1.29 is 66.0 Å². The number of carboxylic acid groups (broad SMARTS) is 1. The van der Waals surface area contributed by atoms with E-state index in [9.17, 15) is 9.90 Å². The Labute approximate surface area is 126 Å². The molecule has 0 radical (unpaired) electrons. The van der Waals surface area contributed by atoms with Crippen molar-refractivity contribution in [2.75, 3.05) is 0 Å². The van der Waals surface area contributed by atoms with Gasteiger partial charge in [0, 0.05) is 0 Å². The molecule has 3 nitrogen and oxygen atoms in total. The summed E-state index contributed by atoms with van der Waals surface area (Å²) in [6.45, 7) is 3.39. The Hall–Kier alpha value is 0.126. The zero-order chi connectivity index (χ0) is 9.84. The van der Waals surface area contributed by atoms with E-state index in [4.69, 9.17) is 4.74 Å². The molecule has 0 aliphatic rings. The van der Waals surface area contributed by atoms with E-state index in [1.807, 2.05) is 19.1 Å². The minimum atomic E-state index is -1.21. The van der Waals surface area contributed by atoms with E-state index in [0.29, 0.717) is 5.75 Å². The average molecular weight is 218 g/mol. The fourth-order valence-electron chi connectivity index (χ4n) is 0.869. The van der Waals surface area contributed by atoms with Crippen LogP contribution in [0.2, 0.25) is 0 Å². The van der Waals surface area contributed by atoms with Crippen LogP contribution < -0.4 is 61.2 Å². The van der Waals surface area contributed by atoms with E-state index in [0.717, 1.165) is 5.56 Å². The Morgan fingerprint density at radius 1 is 1.36 bits per heavy atom. The number of hydrogen-bond donors (Lipinski definition) is 0. The Bertz CT molecular complexity index is 295. The van der Waals surface area contributed by atoms with E-state index in [2.05, 4.69) is 0 Å². The number of aryl methyl sites for hydroxylation is 1. The summed E-state index contributed by atoms with van der Waals surface area (Å²) in [4.78, 5) is 10.3. The molecule has 0 amide bonds. The predicted molar refractivity (Wildman–Crippen MR) is 46.3 cm³/mol. The SMILES string of the molecule is Cc1ccc(OC(C)C(=O)[O-])cc1.[K+]. The van der Waals surface area contributed by atoms with Gasteiger partial charge in [-0.05, 0) is 26.0 Å². The van der Waals surface area contributed by atoms with Gasteiger partial charge in [0.2, 0.25) is 0 Å². The molecule has 0 aromatic heterocycles. The summed E-state index contributed by atoms with van der Waals surface area (Å²) < 4.78 is 5.07. The van der Waals surface area contributed by atoms with Gasteiger partial charge in [-0.25, -0.2) is 0 Å². The van der Waals surface area contributed by atoms with E-state index < -0.39 is 12.1 Å². The zero-order valence-electron chi connectivity index (χ0n) is 8.61. The summed E-state index contributed by atoms with van der Waals surface area (Å²) in [6.07, 6.45) is -0.914. The number of benzene rings is 1. The molecule has 0 spiro atoms. The van der Waals surface area contributed by atoms with Crippen molar-refractivity contribution >= 4 is 5.97 Å². The number of carbonyl (C=O) groups is 1. The molecule has 1 atom stereocenters. The molecule has 0 fully saturated rings. The van der Waals surface area contributed by atoms with Crippen molar-refractivity contribution in [3.63, 3.8) is 0 Å². The number of carboxylic acids is 1. The van der Waals surface area contributed by atoms with Crippen LogP contribution in [0.1, 0.15) is 12.5 Å². The number of ether oxygens (including phenoxy) is 1. The monoisotopic (exact) mass is 218 g/mol. The third-order valence-electron chi connectivity index (χ3n) is 1.67. The molecule has 0 aliphatic heterocycles. The van der Waals surface area contributed by atoms with E-state index in [-0.39, 0.29) is 51.4 Å². The molecule has 0 bridgehead atoms. The summed E-state index contributed by atoms with van der Waals surface area (Å²) in [6, 6.07) is 7.18. The standard InChI is InChI=1S/C10H12O3.K/c1-7-3-5-9(6-4-7)13-8(2)10(11)12;/h3-6,8H,1-2H3,(H,11,12);/q;+1/p-1. The maximum atomic E-state index is 10.3. The van der Waals surface area contributed by atoms with Crippen molar-refractivity contribution in [3.8, 4) is 5.75 Å². The first-order chi connectivity index (χ1) is 6.09. The smallest absolute Gasteiger partial charge is 0.546 e. The van der Waals surface area contributed by atoms with Gasteiger partial charge in [0.1, 0.15) is 11.9 Å². The summed E-state index contributed by atoms with van der Waals surface area (Å²) in [5, 5.41) is 10.3. The van der Waals surface area contributed by atoms with E-state index in [1.54, 1.807) is 12.1 Å². The number of hydrogen-bond acceptors (Lipinski definition) is 3. The first-order valence-corrected chi connectivity index (χ1v) is 4.04. The second-order valence-corrected chi connectivity index (χ2v) is 2.89. The van der Waals surface area contributed by atoms with Crippen LogP contribution in [0.15, 0.2) is 24.3 Å². The fourth-order valence-corrected chi connectivity index (χ4v) is 0.869. The Morgan fingerprint density at radius 2 is 1.86 bits per heavy atom. The number of rotatable bonds is 3. The van der Waals surface area contributed by atoms with Crippen LogP contribution in [0.25, 0.3) is 0 Å². The maximum absolute atomic E-state index is 10.3. The Balaban J connectivity index is 0.00000169. The Kier molecular flexibility index (Phi) is 6.64. The molecule has 1 aromatic carbocycles. The van der Waals surface area contributed by atoms with Gasteiger partial charge in [-0.3, -0.25) is 0 Å². The van der Waals surface area contributed by atoms with Crippen LogP contribution in [0.3, 0.4) is 0 Å². The minimum absolute atomic E-state index is 0. The van der Waals surface area contributed by atoms with E-state index in [1.165, 1.54) is 6.92 Å². The maximum Gasteiger partial charge on any atom is 1.00 e. The molecule has 0 heterocycles. The second kappa shape index (κ2) is 6.58. The Morgan fingerprint density at radius 3 is 2.29 bits per heavy atom. The van der Waals surface area contributed by atoms with Gasteiger partial charge in [0.05, 0.1) is 5.97 Å². The molecule has 0 saturated heterocycles. The van der Waals surface area contributed by atoms with Gasteiger partial charge in [0.25, 0.3) is 0 Å². The first-order valence-electron chi connectivity index (χ1n) is 4.04. The number of carbonyl (C=O) groups excluding carboxylic acids is 1. The zero-order valence-corrected chi connectivity index (χ0v) is 11.7. The van der Waals surface area contributed by atoms with Gasteiger partial charge >= 0.3 is 51.4 Å². The van der Waals surface area contributed by atoms with Crippen LogP contribution in [0.4, 0.5) is 0 Å². The summed E-state index contributed by atoms with van der Waals surface area (Å²) in [7, 11) is 0. The summed E-state index contributed by atoms with van der Waals surface area (Å²) >= 11 is 0. The summed E-state index contributed by atoms with van der Waals surface area (Å²) in [5.41, 5.74) is 1.11. The van der Waals surface area contributed by atoms with Gasteiger partial charge in [-0.15, -0.1) is 0 Å². The molecular weight excluding hydrogens is 207 g/mol. The molecular formula is C10H11KO3. The fraction of sp³-hybridized carbons (Fsp3) is 0.300. The van der Waals surface area contributed by atoms with Gasteiger partial charge in [-0.1, -0.05) is 17.7 Å². The van der Waals surface area contributed by atoms with Crippen LogP contribution in [-0.4, -0.2) is 12.1 Å². The van der Waals surface area contributed by atoms with Crippen LogP contribution >= 0.6 is 0 Å². The molecule has 1 unspecified atom stereocenters. The third-order valence-corrected chi connectivity index (χ3v) is 1.67. The third kappa shape index (κ3) is 4.57. The van der Waals surface area contributed by atoms with Gasteiger partial charge in [0.15, 0.2) is 0 Å². The average Bonchev–Trinajstić information content (AvgIpc) is 2.08. The molecule has 14 heavy (non-hydrogen) atoms. The molecule has 1 aromatic rings. The molecule has 0 N–H and O–H groups in total. The van der Waals surface area contributed by atoms with Crippen LogP contribution in [0, 0.1) is 6.92 Å². The van der Waals surface area contributed by atoms with Gasteiger partial charge < -0.3 is 14.6 Å². The topological polar surface area (TPSA) is 49.4 Å². The largest absolute Gasteiger partial charge is 1.00 e. The van der Waals surface area contributed by atoms with Gasteiger partial charge in [-0.2, -0.15) is 0 Å². The van der Waals surface area contributed by atoms with Crippen molar-refractivity contribution in [1.82, 2.24) is 0 Å². The van der Waals surface area contributed by atoms with Crippen LogP contribution in [0.5, 0.6) is 5.75 Å². The molecule has 0 aliphatic carbocycles. The van der Waals surface area contributed by atoms with E-state index >= 15 is 0 Å². The predicted octanol–water partition coefficient (Wildman–Crippen LogP) is -2.48. The second-order valence-electron chi connectivity index (χ2n) is 2.89. The van der Waals surface area contributed by atoms with Crippen molar-refractivity contribution in [2.24, 2.45) is 0 Å². The van der Waals surface area contributed by atoms with Crippen LogP contribution in [-0.2, 0) is 4.79 Å². The minimum Gasteiger partial charge on any atom is -0.546 e. The molecule has 1 rings (SSSR count). The number of aliphatic carboxylic acids is 1. The molecule has 4 heteroatoms. The first kappa shape index (κ1) is 14.1. The molecule has 70 valence electrons. The van der Waals surface area contributed by atoms with Crippen molar-refractivity contribution in [3.05, 3.63) is 29.8 Å². The van der Waals surface area contributed by atoms with Crippen molar-refractivity contribution in [1.29, 1.82) is 0 Å². The quantitative estimate of drug-likeness (QED) is 0.528. The molecule has 0 saturated carbocycles. The summed E-state index contributed by atoms with van der Waals surface area (Å²) in [5.74, 6) is -0.664. The normalized spacial score (nSPS) is 11.3.